The maximum absolute atomic E-state index is 11.3. The van der Waals surface area contributed by atoms with Gasteiger partial charge in [0.1, 0.15) is 5.69 Å². The quantitative estimate of drug-likeness (QED) is 0.440. The van der Waals surface area contributed by atoms with Gasteiger partial charge in [0.05, 0.1) is 6.10 Å². The van der Waals surface area contributed by atoms with Crippen LogP contribution in [0.15, 0.2) is 12.3 Å². The van der Waals surface area contributed by atoms with E-state index in [2.05, 4.69) is 4.98 Å². The summed E-state index contributed by atoms with van der Waals surface area (Å²) in [6.45, 7) is 3.48. The smallest absolute Gasteiger partial charge is 0.458 e. The molecule has 0 aliphatic carbocycles. The molecule has 1 aromatic rings. The summed E-state index contributed by atoms with van der Waals surface area (Å²) in [4.78, 5) is 13.9. The minimum atomic E-state index is -1.58. The van der Waals surface area contributed by atoms with Gasteiger partial charge in [0.2, 0.25) is 0 Å². The van der Waals surface area contributed by atoms with Crippen molar-refractivity contribution in [1.82, 2.24) is 4.98 Å². The SMILES string of the molecule is CC(C)OC(=O)c1cc(B(O)O)c[nH]1. The molecule has 0 spiro atoms. The molecule has 5 nitrogen and oxygen atoms in total. The Labute approximate surface area is 81.9 Å². The van der Waals surface area contributed by atoms with E-state index in [1.54, 1.807) is 13.8 Å². The van der Waals surface area contributed by atoms with Crippen molar-refractivity contribution in [2.24, 2.45) is 0 Å². The molecular weight excluding hydrogens is 185 g/mol. The third-order valence-corrected chi connectivity index (χ3v) is 1.57. The Morgan fingerprint density at radius 2 is 2.21 bits per heavy atom. The molecule has 6 heteroatoms. The van der Waals surface area contributed by atoms with Crippen molar-refractivity contribution in [3.63, 3.8) is 0 Å². The van der Waals surface area contributed by atoms with Crippen molar-refractivity contribution in [1.29, 1.82) is 0 Å². The summed E-state index contributed by atoms with van der Waals surface area (Å²) < 4.78 is 4.90. The molecule has 0 bridgehead atoms. The van der Waals surface area contributed by atoms with Crippen molar-refractivity contribution >= 4 is 18.6 Å². The van der Waals surface area contributed by atoms with Crippen LogP contribution in [0.25, 0.3) is 0 Å². The van der Waals surface area contributed by atoms with Gasteiger partial charge in [-0.05, 0) is 19.9 Å². The van der Waals surface area contributed by atoms with Crippen LogP contribution in [0, 0.1) is 0 Å². The molecule has 1 rings (SSSR count). The number of ether oxygens (including phenoxy) is 1. The first-order valence-corrected chi connectivity index (χ1v) is 4.26. The Balaban J connectivity index is 2.71. The second-order valence-corrected chi connectivity index (χ2v) is 3.17. The second-order valence-electron chi connectivity index (χ2n) is 3.17. The van der Waals surface area contributed by atoms with Crippen LogP contribution in [0.5, 0.6) is 0 Å². The zero-order valence-electron chi connectivity index (χ0n) is 8.02. The molecule has 0 atom stereocenters. The van der Waals surface area contributed by atoms with Crippen LogP contribution in [0.1, 0.15) is 24.3 Å². The molecule has 14 heavy (non-hydrogen) atoms. The number of aromatic amines is 1. The van der Waals surface area contributed by atoms with Gasteiger partial charge < -0.3 is 19.8 Å². The van der Waals surface area contributed by atoms with Crippen LogP contribution in [0.3, 0.4) is 0 Å². The highest BCUT2D eigenvalue weighted by Gasteiger charge is 2.17. The molecular formula is C8H12BNO4. The molecule has 3 N–H and O–H groups in total. The van der Waals surface area contributed by atoms with Gasteiger partial charge in [0, 0.05) is 11.7 Å². The average molecular weight is 197 g/mol. The first-order chi connectivity index (χ1) is 6.50. The van der Waals surface area contributed by atoms with Gasteiger partial charge in [-0.2, -0.15) is 0 Å². The monoisotopic (exact) mass is 197 g/mol. The van der Waals surface area contributed by atoms with Crippen molar-refractivity contribution in [3.8, 4) is 0 Å². The van der Waals surface area contributed by atoms with Crippen molar-refractivity contribution in [3.05, 3.63) is 18.0 Å². The van der Waals surface area contributed by atoms with E-state index in [0.717, 1.165) is 0 Å². The van der Waals surface area contributed by atoms with E-state index in [1.807, 2.05) is 0 Å². The molecule has 1 heterocycles. The maximum atomic E-state index is 11.3. The Bertz CT molecular complexity index is 321. The predicted molar refractivity (Wildman–Crippen MR) is 51.2 cm³/mol. The number of carbonyl (C=O) groups excluding carboxylic acids is 1. The van der Waals surface area contributed by atoms with Gasteiger partial charge in [0.15, 0.2) is 0 Å². The maximum Gasteiger partial charge on any atom is 0.490 e. The first kappa shape index (κ1) is 10.8. The highest BCUT2D eigenvalue weighted by Crippen LogP contribution is 1.99. The Kier molecular flexibility index (Phi) is 3.32. The van der Waals surface area contributed by atoms with Crippen molar-refractivity contribution in [2.45, 2.75) is 20.0 Å². The number of aromatic nitrogens is 1. The Morgan fingerprint density at radius 1 is 1.57 bits per heavy atom. The topological polar surface area (TPSA) is 82.6 Å². The molecule has 0 aliphatic heterocycles. The summed E-state index contributed by atoms with van der Waals surface area (Å²) in [5.41, 5.74) is 0.447. The third kappa shape index (κ3) is 2.61. The second kappa shape index (κ2) is 4.30. The lowest BCUT2D eigenvalue weighted by Crippen LogP contribution is -2.28. The number of carbonyl (C=O) groups is 1. The van der Waals surface area contributed by atoms with Crippen LogP contribution < -0.4 is 5.46 Å². The summed E-state index contributed by atoms with van der Waals surface area (Å²) in [5.74, 6) is -0.508. The summed E-state index contributed by atoms with van der Waals surface area (Å²) in [7, 11) is -1.58. The van der Waals surface area contributed by atoms with Crippen LogP contribution in [0.4, 0.5) is 0 Å². The van der Waals surface area contributed by atoms with E-state index in [1.165, 1.54) is 12.3 Å². The van der Waals surface area contributed by atoms with Crippen LogP contribution >= 0.6 is 0 Å². The van der Waals surface area contributed by atoms with E-state index < -0.39 is 13.1 Å². The minimum Gasteiger partial charge on any atom is -0.458 e. The Morgan fingerprint density at radius 3 is 2.64 bits per heavy atom. The molecule has 0 aliphatic rings. The third-order valence-electron chi connectivity index (χ3n) is 1.57. The van der Waals surface area contributed by atoms with Crippen LogP contribution in [-0.2, 0) is 4.74 Å². The zero-order valence-corrected chi connectivity index (χ0v) is 8.02. The van der Waals surface area contributed by atoms with Gasteiger partial charge in [-0.25, -0.2) is 4.79 Å². The van der Waals surface area contributed by atoms with E-state index >= 15 is 0 Å². The van der Waals surface area contributed by atoms with Crippen LogP contribution in [0.2, 0.25) is 0 Å². The predicted octanol–water partition coefficient (Wildman–Crippen LogP) is -0.740. The zero-order chi connectivity index (χ0) is 10.7. The first-order valence-electron chi connectivity index (χ1n) is 4.26. The number of rotatable bonds is 3. The molecule has 0 fully saturated rings. The minimum absolute atomic E-state index is 0.201. The number of H-pyrrole nitrogens is 1. The molecule has 0 saturated carbocycles. The lowest BCUT2D eigenvalue weighted by atomic mass is 9.82. The van der Waals surface area contributed by atoms with Crippen LogP contribution in [-0.4, -0.2) is 34.2 Å². The van der Waals surface area contributed by atoms with Crippen molar-refractivity contribution in [2.75, 3.05) is 0 Å². The summed E-state index contributed by atoms with van der Waals surface area (Å²) >= 11 is 0. The molecule has 0 saturated heterocycles. The van der Waals surface area contributed by atoms with Gasteiger partial charge in [-0.15, -0.1) is 0 Å². The lowest BCUT2D eigenvalue weighted by Gasteiger charge is -2.05. The molecule has 76 valence electrons. The fourth-order valence-electron chi connectivity index (χ4n) is 0.956. The number of hydrogen-bond acceptors (Lipinski definition) is 4. The number of esters is 1. The van der Waals surface area contributed by atoms with E-state index in [0.29, 0.717) is 0 Å². The number of hydrogen-bond donors (Lipinski definition) is 3. The molecule has 0 amide bonds. The summed E-state index contributed by atoms with van der Waals surface area (Å²) in [6.07, 6.45) is 1.15. The lowest BCUT2D eigenvalue weighted by molar-refractivity contribution is 0.0372. The normalized spacial score (nSPS) is 10.4. The Hall–Kier alpha value is -1.27. The van der Waals surface area contributed by atoms with E-state index in [9.17, 15) is 4.79 Å². The molecule has 0 aromatic carbocycles. The van der Waals surface area contributed by atoms with E-state index in [4.69, 9.17) is 14.8 Å². The summed E-state index contributed by atoms with van der Waals surface area (Å²) in [6, 6.07) is 1.34. The average Bonchev–Trinajstić information content (AvgIpc) is 2.50. The van der Waals surface area contributed by atoms with E-state index in [-0.39, 0.29) is 17.3 Å². The summed E-state index contributed by atoms with van der Waals surface area (Å²) in [5, 5.41) is 17.6. The molecule has 1 aromatic heterocycles. The highest BCUT2D eigenvalue weighted by atomic mass is 16.5. The molecule has 0 unspecified atom stereocenters. The molecule has 0 radical (unpaired) electrons. The number of nitrogens with one attached hydrogen (secondary N) is 1. The van der Waals surface area contributed by atoms with Crippen molar-refractivity contribution < 1.29 is 19.6 Å². The van der Waals surface area contributed by atoms with Gasteiger partial charge in [0.25, 0.3) is 0 Å². The fraction of sp³-hybridized carbons (Fsp3) is 0.375. The van der Waals surface area contributed by atoms with Gasteiger partial charge in [-0.1, -0.05) is 0 Å². The van der Waals surface area contributed by atoms with Gasteiger partial charge in [-0.3, -0.25) is 0 Å². The fourth-order valence-corrected chi connectivity index (χ4v) is 0.956. The standard InChI is InChI=1S/C8H12BNO4/c1-5(2)14-8(11)7-3-6(4-10-7)9(12)13/h3-5,10,12-13H,1-2H3. The van der Waals surface area contributed by atoms with Gasteiger partial charge >= 0.3 is 13.1 Å². The largest absolute Gasteiger partial charge is 0.490 e. The highest BCUT2D eigenvalue weighted by molar-refractivity contribution is 6.58.